The molecule has 18 heavy (non-hydrogen) atoms. The summed E-state index contributed by atoms with van der Waals surface area (Å²) in [5.41, 5.74) is 0.625. The number of rotatable bonds is 4. The first-order valence-electron chi connectivity index (χ1n) is 5.72. The Balaban J connectivity index is 2.63. The number of anilines is 1. The van der Waals surface area contributed by atoms with E-state index in [0.717, 1.165) is 0 Å². The van der Waals surface area contributed by atoms with Gasteiger partial charge in [0.1, 0.15) is 6.54 Å². The van der Waals surface area contributed by atoms with E-state index in [4.69, 9.17) is 11.6 Å². The van der Waals surface area contributed by atoms with E-state index in [9.17, 15) is 9.59 Å². The highest BCUT2D eigenvalue weighted by Gasteiger charge is 2.16. The molecule has 1 aromatic carbocycles. The highest BCUT2D eigenvalue weighted by Crippen LogP contribution is 2.14. The minimum atomic E-state index is -0.235. The van der Waals surface area contributed by atoms with Crippen LogP contribution in [0, 0.1) is 0 Å². The molecule has 0 heterocycles. The van der Waals surface area contributed by atoms with Crippen molar-refractivity contribution in [2.45, 2.75) is 26.8 Å². The molecule has 0 unspecified atom stereocenters. The minimum Gasteiger partial charge on any atom is -0.331 e. The fourth-order valence-corrected chi connectivity index (χ4v) is 1.77. The van der Waals surface area contributed by atoms with Crippen LogP contribution in [-0.4, -0.2) is 29.3 Å². The SMILES string of the molecule is CC(=O)N(CC(=O)Nc1cccc(Cl)c1)C(C)C. The normalized spacial score (nSPS) is 10.3. The van der Waals surface area contributed by atoms with Gasteiger partial charge in [-0.05, 0) is 32.0 Å². The van der Waals surface area contributed by atoms with Crippen LogP contribution in [0.2, 0.25) is 5.02 Å². The molecular formula is C13H17ClN2O2. The van der Waals surface area contributed by atoms with Crippen LogP contribution in [0.25, 0.3) is 0 Å². The molecule has 0 saturated carbocycles. The predicted octanol–water partition coefficient (Wildman–Crippen LogP) is 2.54. The number of carbonyl (C=O) groups is 2. The van der Waals surface area contributed by atoms with Crippen LogP contribution in [0.4, 0.5) is 5.69 Å². The van der Waals surface area contributed by atoms with Gasteiger partial charge in [-0.1, -0.05) is 17.7 Å². The van der Waals surface area contributed by atoms with Gasteiger partial charge in [-0.15, -0.1) is 0 Å². The molecule has 98 valence electrons. The Hall–Kier alpha value is -1.55. The second-order valence-corrected chi connectivity index (χ2v) is 4.74. The second-order valence-electron chi connectivity index (χ2n) is 4.30. The van der Waals surface area contributed by atoms with Gasteiger partial charge >= 0.3 is 0 Å². The number of nitrogens with one attached hydrogen (secondary N) is 1. The fourth-order valence-electron chi connectivity index (χ4n) is 1.58. The van der Waals surface area contributed by atoms with Crippen LogP contribution < -0.4 is 5.32 Å². The van der Waals surface area contributed by atoms with E-state index >= 15 is 0 Å². The summed E-state index contributed by atoms with van der Waals surface area (Å²) in [6.07, 6.45) is 0. The van der Waals surface area contributed by atoms with Gasteiger partial charge in [0.05, 0.1) is 0 Å². The van der Waals surface area contributed by atoms with E-state index in [-0.39, 0.29) is 24.4 Å². The summed E-state index contributed by atoms with van der Waals surface area (Å²) in [7, 11) is 0. The lowest BCUT2D eigenvalue weighted by molar-refractivity contribution is -0.134. The largest absolute Gasteiger partial charge is 0.331 e. The molecule has 1 aromatic rings. The van der Waals surface area contributed by atoms with E-state index in [0.29, 0.717) is 10.7 Å². The number of hydrogen-bond donors (Lipinski definition) is 1. The van der Waals surface area contributed by atoms with Crippen molar-refractivity contribution in [1.82, 2.24) is 4.90 Å². The summed E-state index contributed by atoms with van der Waals surface area (Å²) >= 11 is 5.82. The highest BCUT2D eigenvalue weighted by molar-refractivity contribution is 6.30. The van der Waals surface area contributed by atoms with E-state index in [1.807, 2.05) is 13.8 Å². The lowest BCUT2D eigenvalue weighted by Crippen LogP contribution is -2.41. The van der Waals surface area contributed by atoms with Crippen LogP contribution >= 0.6 is 11.6 Å². The zero-order chi connectivity index (χ0) is 13.7. The Morgan fingerprint density at radius 3 is 2.56 bits per heavy atom. The molecule has 5 heteroatoms. The molecule has 0 bridgehead atoms. The smallest absolute Gasteiger partial charge is 0.244 e. The maximum atomic E-state index is 11.8. The van der Waals surface area contributed by atoms with Gasteiger partial charge in [0.25, 0.3) is 0 Å². The van der Waals surface area contributed by atoms with Gasteiger partial charge in [-0.25, -0.2) is 0 Å². The molecule has 1 N–H and O–H groups in total. The summed E-state index contributed by atoms with van der Waals surface area (Å²) in [5, 5.41) is 3.26. The van der Waals surface area contributed by atoms with Crippen molar-refractivity contribution in [2.24, 2.45) is 0 Å². The maximum Gasteiger partial charge on any atom is 0.244 e. The molecule has 0 fully saturated rings. The Morgan fingerprint density at radius 1 is 1.39 bits per heavy atom. The maximum absolute atomic E-state index is 11.8. The Labute approximate surface area is 112 Å². The number of nitrogens with zero attached hydrogens (tertiary/aromatic N) is 1. The number of benzene rings is 1. The molecular weight excluding hydrogens is 252 g/mol. The summed E-state index contributed by atoms with van der Waals surface area (Å²) < 4.78 is 0. The molecule has 1 rings (SSSR count). The average molecular weight is 269 g/mol. The predicted molar refractivity (Wildman–Crippen MR) is 72.6 cm³/mol. The third kappa shape index (κ3) is 4.37. The first-order chi connectivity index (χ1) is 8.40. The van der Waals surface area contributed by atoms with Gasteiger partial charge in [0.2, 0.25) is 11.8 Å². The highest BCUT2D eigenvalue weighted by atomic mass is 35.5. The molecule has 0 spiro atoms. The number of carbonyl (C=O) groups excluding carboxylic acids is 2. The molecule has 0 radical (unpaired) electrons. The first kappa shape index (κ1) is 14.5. The molecule has 4 nitrogen and oxygen atoms in total. The molecule has 0 aliphatic carbocycles. The topological polar surface area (TPSA) is 49.4 Å². The van der Waals surface area contributed by atoms with Crippen LogP contribution in [0.1, 0.15) is 20.8 Å². The summed E-state index contributed by atoms with van der Waals surface area (Å²) in [6.45, 7) is 5.23. The van der Waals surface area contributed by atoms with E-state index in [2.05, 4.69) is 5.32 Å². The Morgan fingerprint density at radius 2 is 2.06 bits per heavy atom. The van der Waals surface area contributed by atoms with Crippen molar-refractivity contribution < 1.29 is 9.59 Å². The second kappa shape index (κ2) is 6.40. The van der Waals surface area contributed by atoms with Crippen molar-refractivity contribution in [2.75, 3.05) is 11.9 Å². The van der Waals surface area contributed by atoms with Crippen molar-refractivity contribution in [3.63, 3.8) is 0 Å². The summed E-state index contributed by atoms with van der Waals surface area (Å²) in [5.74, 6) is -0.354. The van der Waals surface area contributed by atoms with Crippen LogP contribution in [0.15, 0.2) is 24.3 Å². The number of halogens is 1. The number of hydrogen-bond acceptors (Lipinski definition) is 2. The summed E-state index contributed by atoms with van der Waals surface area (Å²) in [6, 6.07) is 6.88. The van der Waals surface area contributed by atoms with Gasteiger partial charge in [-0.3, -0.25) is 9.59 Å². The van der Waals surface area contributed by atoms with Gasteiger partial charge < -0.3 is 10.2 Å². The van der Waals surface area contributed by atoms with E-state index in [1.54, 1.807) is 24.3 Å². The van der Waals surface area contributed by atoms with Crippen molar-refractivity contribution in [3.8, 4) is 0 Å². The molecule has 0 atom stereocenters. The van der Waals surface area contributed by atoms with Crippen molar-refractivity contribution >= 4 is 29.1 Å². The molecule has 0 aromatic heterocycles. The van der Waals surface area contributed by atoms with E-state index in [1.165, 1.54) is 11.8 Å². The minimum absolute atomic E-state index is 0.00684. The van der Waals surface area contributed by atoms with E-state index < -0.39 is 0 Å². The monoisotopic (exact) mass is 268 g/mol. The lowest BCUT2D eigenvalue weighted by Gasteiger charge is -2.24. The van der Waals surface area contributed by atoms with Crippen LogP contribution in [0.5, 0.6) is 0 Å². The average Bonchev–Trinajstić information content (AvgIpc) is 2.25. The third-order valence-electron chi connectivity index (χ3n) is 2.45. The van der Waals surface area contributed by atoms with Gasteiger partial charge in [0, 0.05) is 23.7 Å². The van der Waals surface area contributed by atoms with Crippen molar-refractivity contribution in [3.05, 3.63) is 29.3 Å². The quantitative estimate of drug-likeness (QED) is 0.912. The zero-order valence-electron chi connectivity index (χ0n) is 10.7. The fraction of sp³-hybridized carbons (Fsp3) is 0.385. The first-order valence-corrected chi connectivity index (χ1v) is 6.10. The molecule has 0 aliphatic rings. The van der Waals surface area contributed by atoms with Crippen LogP contribution in [-0.2, 0) is 9.59 Å². The lowest BCUT2D eigenvalue weighted by atomic mass is 10.3. The van der Waals surface area contributed by atoms with Crippen molar-refractivity contribution in [1.29, 1.82) is 0 Å². The Bertz CT molecular complexity index is 446. The summed E-state index contributed by atoms with van der Waals surface area (Å²) in [4.78, 5) is 24.6. The third-order valence-corrected chi connectivity index (χ3v) is 2.69. The molecule has 2 amide bonds. The Kier molecular flexibility index (Phi) is 5.16. The van der Waals surface area contributed by atoms with Crippen LogP contribution in [0.3, 0.4) is 0 Å². The molecule has 0 aliphatic heterocycles. The standard InChI is InChI=1S/C13H17ClN2O2/c1-9(2)16(10(3)17)8-13(18)15-12-6-4-5-11(14)7-12/h4-7,9H,8H2,1-3H3,(H,15,18). The zero-order valence-corrected chi connectivity index (χ0v) is 11.5. The number of amides is 2. The van der Waals surface area contributed by atoms with Gasteiger partial charge in [0.15, 0.2) is 0 Å². The molecule has 0 saturated heterocycles. The van der Waals surface area contributed by atoms with Gasteiger partial charge in [-0.2, -0.15) is 0 Å².